The topological polar surface area (TPSA) is 85.4 Å². The van der Waals surface area contributed by atoms with E-state index in [1.807, 2.05) is 6.92 Å². The Labute approximate surface area is 192 Å². The predicted octanol–water partition coefficient (Wildman–Crippen LogP) is 2.72. The molecule has 0 unspecified atom stereocenters. The molecule has 0 aromatic heterocycles. The van der Waals surface area contributed by atoms with E-state index in [2.05, 4.69) is 0 Å². The van der Waals surface area contributed by atoms with Crippen LogP contribution in [0.25, 0.3) is 0 Å². The Morgan fingerprint density at radius 2 is 1.72 bits per heavy atom. The molecular formula is C22H25ClN2O6S. The van der Waals surface area contributed by atoms with E-state index in [1.54, 1.807) is 36.1 Å². The van der Waals surface area contributed by atoms with E-state index in [1.165, 1.54) is 16.4 Å². The number of aryl methyl sites for hydroxylation is 1. The fourth-order valence-corrected chi connectivity index (χ4v) is 5.39. The molecular weight excluding hydrogens is 456 g/mol. The van der Waals surface area contributed by atoms with Gasteiger partial charge in [0.1, 0.15) is 19.0 Å². The van der Waals surface area contributed by atoms with Gasteiger partial charge < -0.3 is 19.1 Å². The molecule has 0 N–H and O–H groups in total. The molecule has 2 aliphatic heterocycles. The standard InChI is InChI=1S/C22H25ClN2O6S/c1-15-13-17(23)3-5-19(15)31-16(2)22(26)24-7-9-25(10-8-24)32(27,28)18-4-6-20-21(14-18)30-12-11-29-20/h3-6,13-14,16H,7-12H2,1-2H3/t16-/m1/s1. The molecule has 1 fully saturated rings. The molecule has 10 heteroatoms. The lowest BCUT2D eigenvalue weighted by atomic mass is 10.2. The zero-order valence-electron chi connectivity index (χ0n) is 17.9. The van der Waals surface area contributed by atoms with Crippen LogP contribution in [0.2, 0.25) is 5.02 Å². The van der Waals surface area contributed by atoms with Crippen molar-refractivity contribution in [3.8, 4) is 17.2 Å². The average molecular weight is 481 g/mol. The van der Waals surface area contributed by atoms with Crippen LogP contribution in [-0.2, 0) is 14.8 Å². The number of amides is 1. The van der Waals surface area contributed by atoms with Gasteiger partial charge in [-0.25, -0.2) is 8.42 Å². The number of ether oxygens (including phenoxy) is 3. The van der Waals surface area contributed by atoms with E-state index in [4.69, 9.17) is 25.8 Å². The van der Waals surface area contributed by atoms with Gasteiger partial charge in [-0.05, 0) is 49.7 Å². The van der Waals surface area contributed by atoms with E-state index >= 15 is 0 Å². The maximum atomic E-state index is 13.1. The number of sulfonamides is 1. The van der Waals surface area contributed by atoms with Crippen molar-refractivity contribution in [3.63, 3.8) is 0 Å². The fourth-order valence-electron chi connectivity index (χ4n) is 3.73. The Kier molecular flexibility index (Phi) is 6.50. The van der Waals surface area contributed by atoms with Crippen LogP contribution in [-0.4, -0.2) is 69.0 Å². The van der Waals surface area contributed by atoms with Crippen molar-refractivity contribution in [1.82, 2.24) is 9.21 Å². The molecule has 0 radical (unpaired) electrons. The minimum absolute atomic E-state index is 0.149. The molecule has 172 valence electrons. The van der Waals surface area contributed by atoms with E-state index in [0.29, 0.717) is 35.5 Å². The molecule has 0 spiro atoms. The third-order valence-corrected chi connectivity index (χ3v) is 7.62. The first-order chi connectivity index (χ1) is 15.3. The van der Waals surface area contributed by atoms with Gasteiger partial charge in [0.05, 0.1) is 4.90 Å². The summed E-state index contributed by atoms with van der Waals surface area (Å²) in [4.78, 5) is 14.6. The monoisotopic (exact) mass is 480 g/mol. The summed E-state index contributed by atoms with van der Waals surface area (Å²) in [5.41, 5.74) is 0.840. The molecule has 1 saturated heterocycles. The molecule has 2 aromatic rings. The maximum Gasteiger partial charge on any atom is 0.263 e. The largest absolute Gasteiger partial charge is 0.486 e. The van der Waals surface area contributed by atoms with Crippen LogP contribution in [0.5, 0.6) is 17.2 Å². The zero-order chi connectivity index (χ0) is 22.9. The first-order valence-corrected chi connectivity index (χ1v) is 12.2. The van der Waals surface area contributed by atoms with Gasteiger partial charge in [-0.1, -0.05) is 11.6 Å². The van der Waals surface area contributed by atoms with Crippen LogP contribution >= 0.6 is 11.6 Å². The van der Waals surface area contributed by atoms with Crippen molar-refractivity contribution < 1.29 is 27.4 Å². The molecule has 2 heterocycles. The third kappa shape index (κ3) is 4.65. The quantitative estimate of drug-likeness (QED) is 0.654. The summed E-state index contributed by atoms with van der Waals surface area (Å²) in [6.07, 6.45) is -0.698. The number of nitrogens with zero attached hydrogens (tertiary/aromatic N) is 2. The van der Waals surface area contributed by atoms with E-state index in [0.717, 1.165) is 5.56 Å². The lowest BCUT2D eigenvalue weighted by Gasteiger charge is -2.35. The summed E-state index contributed by atoms with van der Waals surface area (Å²) < 4.78 is 44.3. The Morgan fingerprint density at radius 3 is 2.41 bits per heavy atom. The van der Waals surface area contributed by atoms with Crippen molar-refractivity contribution in [2.75, 3.05) is 39.4 Å². The maximum absolute atomic E-state index is 13.1. The number of halogens is 1. The molecule has 1 amide bonds. The van der Waals surface area contributed by atoms with Crippen LogP contribution in [0.3, 0.4) is 0 Å². The summed E-state index contributed by atoms with van der Waals surface area (Å²) in [6.45, 7) is 5.35. The molecule has 4 rings (SSSR count). The molecule has 2 aliphatic rings. The van der Waals surface area contributed by atoms with Gasteiger partial charge in [0, 0.05) is 37.3 Å². The van der Waals surface area contributed by atoms with Crippen molar-refractivity contribution >= 4 is 27.5 Å². The second kappa shape index (κ2) is 9.17. The summed E-state index contributed by atoms with van der Waals surface area (Å²) in [6, 6.07) is 9.84. The first-order valence-electron chi connectivity index (χ1n) is 10.4. The van der Waals surface area contributed by atoms with E-state index < -0.39 is 16.1 Å². The SMILES string of the molecule is Cc1cc(Cl)ccc1O[C@H](C)C(=O)N1CCN(S(=O)(=O)c2ccc3c(c2)OCCO3)CC1. The normalized spacial score (nSPS) is 17.7. The molecule has 2 aromatic carbocycles. The number of rotatable bonds is 5. The highest BCUT2D eigenvalue weighted by molar-refractivity contribution is 7.89. The Bertz CT molecular complexity index is 1120. The zero-order valence-corrected chi connectivity index (χ0v) is 19.5. The van der Waals surface area contributed by atoms with Gasteiger partial charge in [0.15, 0.2) is 17.6 Å². The van der Waals surface area contributed by atoms with Crippen LogP contribution in [0.4, 0.5) is 0 Å². The molecule has 0 saturated carbocycles. The summed E-state index contributed by atoms with van der Waals surface area (Å²) in [7, 11) is -3.71. The molecule has 8 nitrogen and oxygen atoms in total. The highest BCUT2D eigenvalue weighted by atomic mass is 35.5. The van der Waals surface area contributed by atoms with E-state index in [-0.39, 0.29) is 37.0 Å². The van der Waals surface area contributed by atoms with Gasteiger partial charge in [0.25, 0.3) is 5.91 Å². The number of fused-ring (bicyclic) bond motifs is 1. The lowest BCUT2D eigenvalue weighted by Crippen LogP contribution is -2.53. The van der Waals surface area contributed by atoms with Gasteiger partial charge in [-0.15, -0.1) is 0 Å². The van der Waals surface area contributed by atoms with E-state index in [9.17, 15) is 13.2 Å². The van der Waals surface area contributed by atoms with Crippen molar-refractivity contribution in [2.45, 2.75) is 24.8 Å². The molecule has 0 bridgehead atoms. The number of piperazine rings is 1. The van der Waals surface area contributed by atoms with Crippen molar-refractivity contribution in [3.05, 3.63) is 47.0 Å². The number of carbonyl (C=O) groups excluding carboxylic acids is 1. The lowest BCUT2D eigenvalue weighted by molar-refractivity contribution is -0.139. The fraction of sp³-hybridized carbons (Fsp3) is 0.409. The minimum Gasteiger partial charge on any atom is -0.486 e. The Morgan fingerprint density at radius 1 is 1.03 bits per heavy atom. The van der Waals surface area contributed by atoms with Gasteiger partial charge in [-0.3, -0.25) is 4.79 Å². The Hall–Kier alpha value is -2.49. The summed E-state index contributed by atoms with van der Waals surface area (Å²) in [5, 5.41) is 0.601. The van der Waals surface area contributed by atoms with Gasteiger partial charge in [0.2, 0.25) is 10.0 Å². The van der Waals surface area contributed by atoms with Crippen molar-refractivity contribution in [2.24, 2.45) is 0 Å². The molecule has 1 atom stereocenters. The summed E-state index contributed by atoms with van der Waals surface area (Å²) in [5.74, 6) is 1.37. The minimum atomic E-state index is -3.71. The van der Waals surface area contributed by atoms with Gasteiger partial charge >= 0.3 is 0 Å². The second-order valence-corrected chi connectivity index (χ2v) is 10.1. The highest BCUT2D eigenvalue weighted by Gasteiger charge is 2.33. The van der Waals surface area contributed by atoms with Crippen LogP contribution in [0, 0.1) is 6.92 Å². The van der Waals surface area contributed by atoms with Crippen LogP contribution < -0.4 is 14.2 Å². The molecule has 32 heavy (non-hydrogen) atoms. The predicted molar refractivity (Wildman–Crippen MR) is 119 cm³/mol. The first kappa shape index (κ1) is 22.7. The number of carbonyl (C=O) groups is 1. The highest BCUT2D eigenvalue weighted by Crippen LogP contribution is 2.33. The average Bonchev–Trinajstić information content (AvgIpc) is 2.80. The number of hydrogen-bond acceptors (Lipinski definition) is 6. The smallest absolute Gasteiger partial charge is 0.263 e. The molecule has 0 aliphatic carbocycles. The second-order valence-electron chi connectivity index (χ2n) is 7.70. The third-order valence-electron chi connectivity index (χ3n) is 5.49. The van der Waals surface area contributed by atoms with Crippen molar-refractivity contribution in [1.29, 1.82) is 0 Å². The van der Waals surface area contributed by atoms with Crippen LogP contribution in [0.1, 0.15) is 12.5 Å². The Balaban J connectivity index is 1.38. The summed E-state index contributed by atoms with van der Waals surface area (Å²) >= 11 is 5.97. The van der Waals surface area contributed by atoms with Gasteiger partial charge in [-0.2, -0.15) is 4.31 Å². The number of hydrogen-bond donors (Lipinski definition) is 0. The number of benzene rings is 2. The van der Waals surface area contributed by atoms with Crippen LogP contribution in [0.15, 0.2) is 41.3 Å².